The van der Waals surface area contributed by atoms with Gasteiger partial charge in [0.05, 0.1) is 6.04 Å². The van der Waals surface area contributed by atoms with E-state index in [0.29, 0.717) is 18.5 Å². The van der Waals surface area contributed by atoms with E-state index < -0.39 is 0 Å². The fourth-order valence-corrected chi connectivity index (χ4v) is 2.37. The van der Waals surface area contributed by atoms with E-state index in [4.69, 9.17) is 0 Å². The summed E-state index contributed by atoms with van der Waals surface area (Å²) in [6, 6.07) is 7.19. The SMILES string of the molecule is Cc1ccc(C(=O)CCC(=O)N[C@@H]2CC(=O)N(C)C2)cc1. The van der Waals surface area contributed by atoms with Crippen LogP contribution in [0.3, 0.4) is 0 Å². The van der Waals surface area contributed by atoms with Crippen LogP contribution in [0.4, 0.5) is 0 Å². The maximum Gasteiger partial charge on any atom is 0.224 e. The molecule has 5 nitrogen and oxygen atoms in total. The predicted molar refractivity (Wildman–Crippen MR) is 78.9 cm³/mol. The number of hydrogen-bond acceptors (Lipinski definition) is 3. The first-order valence-electron chi connectivity index (χ1n) is 7.09. The molecule has 0 radical (unpaired) electrons. The van der Waals surface area contributed by atoms with E-state index in [-0.39, 0.29) is 36.5 Å². The summed E-state index contributed by atoms with van der Waals surface area (Å²) in [6.45, 7) is 2.50. The van der Waals surface area contributed by atoms with Gasteiger partial charge in [-0.3, -0.25) is 14.4 Å². The molecule has 2 amide bonds. The second-order valence-electron chi connectivity index (χ2n) is 5.53. The summed E-state index contributed by atoms with van der Waals surface area (Å²) in [5.41, 5.74) is 1.73. The highest BCUT2D eigenvalue weighted by atomic mass is 16.2. The van der Waals surface area contributed by atoms with Gasteiger partial charge in [0.2, 0.25) is 11.8 Å². The largest absolute Gasteiger partial charge is 0.351 e. The van der Waals surface area contributed by atoms with Gasteiger partial charge in [0.25, 0.3) is 0 Å². The normalized spacial score (nSPS) is 17.9. The number of benzene rings is 1. The van der Waals surface area contributed by atoms with Gasteiger partial charge in [-0.2, -0.15) is 0 Å². The first-order valence-corrected chi connectivity index (χ1v) is 7.09. The van der Waals surface area contributed by atoms with Crippen molar-refractivity contribution in [2.45, 2.75) is 32.2 Å². The van der Waals surface area contributed by atoms with Crippen LogP contribution in [0.25, 0.3) is 0 Å². The Morgan fingerprint density at radius 2 is 1.90 bits per heavy atom. The maximum absolute atomic E-state index is 12.0. The Morgan fingerprint density at radius 1 is 1.24 bits per heavy atom. The number of aryl methyl sites for hydroxylation is 1. The van der Waals surface area contributed by atoms with Gasteiger partial charge in [0.1, 0.15) is 0 Å². The minimum atomic E-state index is -0.177. The van der Waals surface area contributed by atoms with E-state index in [0.717, 1.165) is 5.56 Å². The summed E-state index contributed by atoms with van der Waals surface area (Å²) in [5, 5.41) is 2.80. The van der Waals surface area contributed by atoms with E-state index in [9.17, 15) is 14.4 Å². The number of ketones is 1. The van der Waals surface area contributed by atoms with Gasteiger partial charge in [-0.05, 0) is 6.92 Å². The Bertz CT molecular complexity index is 551. The second-order valence-corrected chi connectivity index (χ2v) is 5.53. The number of nitrogens with zero attached hydrogens (tertiary/aromatic N) is 1. The summed E-state index contributed by atoms with van der Waals surface area (Å²) < 4.78 is 0. The van der Waals surface area contributed by atoms with Crippen LogP contribution in [-0.2, 0) is 9.59 Å². The maximum atomic E-state index is 12.0. The zero-order valence-corrected chi connectivity index (χ0v) is 12.4. The summed E-state index contributed by atoms with van der Waals surface area (Å²) >= 11 is 0. The van der Waals surface area contributed by atoms with Gasteiger partial charge < -0.3 is 10.2 Å². The number of Topliss-reactive ketones (excluding diaryl/α,β-unsaturated/α-hetero) is 1. The average molecular weight is 288 g/mol. The molecule has 112 valence electrons. The number of hydrogen-bond donors (Lipinski definition) is 1. The Labute approximate surface area is 124 Å². The van der Waals surface area contributed by atoms with Crippen molar-refractivity contribution in [3.8, 4) is 0 Å². The molecule has 1 aliphatic heterocycles. The number of nitrogens with one attached hydrogen (secondary N) is 1. The van der Waals surface area contributed by atoms with Crippen LogP contribution in [0.5, 0.6) is 0 Å². The van der Waals surface area contributed by atoms with Crippen LogP contribution in [0.2, 0.25) is 0 Å². The zero-order valence-electron chi connectivity index (χ0n) is 12.4. The zero-order chi connectivity index (χ0) is 15.4. The third-order valence-corrected chi connectivity index (χ3v) is 3.66. The Kier molecular flexibility index (Phi) is 4.73. The minimum Gasteiger partial charge on any atom is -0.351 e. The lowest BCUT2D eigenvalue weighted by molar-refractivity contribution is -0.126. The van der Waals surface area contributed by atoms with Crippen molar-refractivity contribution < 1.29 is 14.4 Å². The second kappa shape index (κ2) is 6.52. The molecule has 0 unspecified atom stereocenters. The third kappa shape index (κ3) is 4.15. The molecule has 0 aromatic heterocycles. The van der Waals surface area contributed by atoms with Crippen LogP contribution < -0.4 is 5.32 Å². The molecule has 21 heavy (non-hydrogen) atoms. The average Bonchev–Trinajstić information content (AvgIpc) is 2.75. The lowest BCUT2D eigenvalue weighted by Gasteiger charge is -2.12. The summed E-state index contributed by atoms with van der Waals surface area (Å²) in [6.07, 6.45) is 0.681. The molecule has 1 aromatic carbocycles. The monoisotopic (exact) mass is 288 g/mol. The van der Waals surface area contributed by atoms with E-state index in [1.165, 1.54) is 0 Å². The Balaban J connectivity index is 1.77. The van der Waals surface area contributed by atoms with E-state index in [2.05, 4.69) is 5.32 Å². The highest BCUT2D eigenvalue weighted by Crippen LogP contribution is 2.10. The summed E-state index contributed by atoms with van der Waals surface area (Å²) in [5.74, 6) is -0.177. The van der Waals surface area contributed by atoms with Crippen molar-refractivity contribution in [3.63, 3.8) is 0 Å². The lowest BCUT2D eigenvalue weighted by Crippen LogP contribution is -2.36. The Morgan fingerprint density at radius 3 is 2.48 bits per heavy atom. The van der Waals surface area contributed by atoms with Crippen molar-refractivity contribution in [2.24, 2.45) is 0 Å². The predicted octanol–water partition coefficient (Wildman–Crippen LogP) is 1.30. The fourth-order valence-electron chi connectivity index (χ4n) is 2.37. The van der Waals surface area contributed by atoms with Crippen molar-refractivity contribution in [3.05, 3.63) is 35.4 Å². The highest BCUT2D eigenvalue weighted by Gasteiger charge is 2.27. The molecular formula is C16H20N2O3. The highest BCUT2D eigenvalue weighted by molar-refractivity contribution is 5.98. The van der Waals surface area contributed by atoms with Crippen molar-refractivity contribution >= 4 is 17.6 Å². The lowest BCUT2D eigenvalue weighted by atomic mass is 10.0. The van der Waals surface area contributed by atoms with Crippen molar-refractivity contribution in [1.29, 1.82) is 0 Å². The minimum absolute atomic E-state index is 0.0373. The Hall–Kier alpha value is -2.17. The molecule has 1 aromatic rings. The smallest absolute Gasteiger partial charge is 0.224 e. The van der Waals surface area contributed by atoms with E-state index >= 15 is 0 Å². The van der Waals surface area contributed by atoms with Crippen LogP contribution in [0.15, 0.2) is 24.3 Å². The van der Waals surface area contributed by atoms with Crippen molar-refractivity contribution in [1.82, 2.24) is 10.2 Å². The molecule has 1 heterocycles. The van der Waals surface area contributed by atoms with Gasteiger partial charge in [-0.1, -0.05) is 29.8 Å². The van der Waals surface area contributed by atoms with Crippen molar-refractivity contribution in [2.75, 3.05) is 13.6 Å². The molecule has 2 rings (SSSR count). The molecular weight excluding hydrogens is 268 g/mol. The van der Waals surface area contributed by atoms with E-state index in [1.54, 1.807) is 24.1 Å². The molecule has 1 atom stereocenters. The number of carbonyl (C=O) groups excluding carboxylic acids is 3. The quantitative estimate of drug-likeness (QED) is 0.831. The molecule has 1 fully saturated rings. The number of amides is 2. The van der Waals surface area contributed by atoms with Gasteiger partial charge in [-0.15, -0.1) is 0 Å². The number of rotatable bonds is 5. The topological polar surface area (TPSA) is 66.5 Å². The standard InChI is InChI=1S/C16H20N2O3/c1-11-3-5-12(6-4-11)14(19)7-8-15(20)17-13-9-16(21)18(2)10-13/h3-6,13H,7-10H2,1-2H3,(H,17,20)/t13-/m1/s1. The van der Waals surface area contributed by atoms with Crippen LogP contribution >= 0.6 is 0 Å². The molecule has 0 bridgehead atoms. The third-order valence-electron chi connectivity index (χ3n) is 3.66. The fraction of sp³-hybridized carbons (Fsp3) is 0.438. The van der Waals surface area contributed by atoms with Crippen LogP contribution in [0, 0.1) is 6.92 Å². The first-order chi connectivity index (χ1) is 9.95. The number of likely N-dealkylation sites (tertiary alicyclic amines) is 1. The molecule has 5 heteroatoms. The molecule has 1 saturated heterocycles. The molecule has 0 aliphatic carbocycles. The van der Waals surface area contributed by atoms with Gasteiger partial charge in [0.15, 0.2) is 5.78 Å². The molecule has 1 aliphatic rings. The van der Waals surface area contributed by atoms with E-state index in [1.807, 2.05) is 19.1 Å². The molecule has 1 N–H and O–H groups in total. The van der Waals surface area contributed by atoms with Gasteiger partial charge in [-0.25, -0.2) is 0 Å². The van der Waals surface area contributed by atoms with Crippen LogP contribution in [-0.4, -0.2) is 42.1 Å². The summed E-state index contributed by atoms with van der Waals surface area (Å²) in [4.78, 5) is 36.7. The first kappa shape index (κ1) is 15.2. The number of likely N-dealkylation sites (N-methyl/N-ethyl adjacent to an activating group) is 1. The molecule has 0 saturated carbocycles. The molecule has 0 spiro atoms. The van der Waals surface area contributed by atoms with Gasteiger partial charge in [0, 0.05) is 38.4 Å². The van der Waals surface area contributed by atoms with Gasteiger partial charge >= 0.3 is 0 Å². The summed E-state index contributed by atoms with van der Waals surface area (Å²) in [7, 11) is 1.72. The number of carbonyl (C=O) groups is 3. The van der Waals surface area contributed by atoms with Crippen LogP contribution in [0.1, 0.15) is 35.2 Å².